The summed E-state index contributed by atoms with van der Waals surface area (Å²) in [5.41, 5.74) is 0.197. The molecular weight excluding hydrogens is 169 g/mol. The molecule has 0 aromatic heterocycles. The van der Waals surface area contributed by atoms with E-state index in [2.05, 4.69) is 6.58 Å². The number of hydrogen-bond donors (Lipinski definition) is 0. The lowest BCUT2D eigenvalue weighted by molar-refractivity contribution is 0.300. The van der Waals surface area contributed by atoms with Gasteiger partial charge in [-0.1, -0.05) is 12.7 Å². The minimum atomic E-state index is -0.628. The first-order valence-corrected chi connectivity index (χ1v) is 3.78. The zero-order valence-electron chi connectivity index (χ0n) is 7.80. The van der Waals surface area contributed by atoms with Gasteiger partial charge in [-0.2, -0.15) is 5.26 Å². The van der Waals surface area contributed by atoms with Crippen LogP contribution in [0.2, 0.25) is 0 Å². The van der Waals surface area contributed by atoms with E-state index in [1.165, 1.54) is 7.11 Å². The van der Waals surface area contributed by atoms with Gasteiger partial charge in [0.1, 0.15) is 11.6 Å². The van der Waals surface area contributed by atoms with Crippen molar-refractivity contribution in [1.82, 2.24) is 0 Å². The Hall–Kier alpha value is -1.56. The Morgan fingerprint density at radius 1 is 1.69 bits per heavy atom. The highest BCUT2D eigenvalue weighted by Crippen LogP contribution is 2.19. The monoisotopic (exact) mass is 181 g/mol. The first kappa shape index (κ1) is 11.4. The minimum Gasteiger partial charge on any atom is -0.496 e. The Morgan fingerprint density at radius 2 is 2.31 bits per heavy atom. The summed E-state index contributed by atoms with van der Waals surface area (Å²) in [5.74, 6) is -0.284. The zero-order valence-corrected chi connectivity index (χ0v) is 7.80. The summed E-state index contributed by atoms with van der Waals surface area (Å²) in [4.78, 5) is 0. The van der Waals surface area contributed by atoms with Crippen molar-refractivity contribution in [2.24, 2.45) is 0 Å². The smallest absolute Gasteiger partial charge is 0.125 e. The molecule has 0 bridgehead atoms. The van der Waals surface area contributed by atoms with Crippen molar-refractivity contribution in [3.63, 3.8) is 0 Å². The Kier molecular flexibility index (Phi) is 5.29. The van der Waals surface area contributed by atoms with Crippen LogP contribution in [0.3, 0.4) is 0 Å². The Labute approximate surface area is 77.6 Å². The van der Waals surface area contributed by atoms with Crippen LogP contribution in [0.5, 0.6) is 0 Å². The van der Waals surface area contributed by atoms with Crippen molar-refractivity contribution in [2.75, 3.05) is 7.11 Å². The highest BCUT2D eigenvalue weighted by molar-refractivity contribution is 5.33. The summed E-state index contributed by atoms with van der Waals surface area (Å²) in [6.07, 6.45) is 3.26. The number of halogens is 1. The van der Waals surface area contributed by atoms with E-state index in [9.17, 15) is 4.39 Å². The maximum Gasteiger partial charge on any atom is 0.125 e. The van der Waals surface area contributed by atoms with Crippen LogP contribution < -0.4 is 0 Å². The molecule has 0 unspecified atom stereocenters. The van der Waals surface area contributed by atoms with Crippen LogP contribution in [-0.4, -0.2) is 7.11 Å². The highest BCUT2D eigenvalue weighted by Gasteiger charge is 2.07. The fourth-order valence-corrected chi connectivity index (χ4v) is 0.839. The van der Waals surface area contributed by atoms with Gasteiger partial charge in [0.15, 0.2) is 0 Å². The number of nitriles is 1. The van der Waals surface area contributed by atoms with Crippen molar-refractivity contribution in [2.45, 2.75) is 13.3 Å². The average molecular weight is 181 g/mol. The summed E-state index contributed by atoms with van der Waals surface area (Å²) in [7, 11) is 1.43. The maximum atomic E-state index is 12.8. The number of hydrogen-bond acceptors (Lipinski definition) is 2. The van der Waals surface area contributed by atoms with E-state index in [1.807, 2.05) is 6.07 Å². The van der Waals surface area contributed by atoms with Gasteiger partial charge in [0.05, 0.1) is 19.6 Å². The second-order valence-electron chi connectivity index (χ2n) is 2.29. The molecule has 0 saturated carbocycles. The van der Waals surface area contributed by atoms with Crippen LogP contribution in [0, 0.1) is 11.3 Å². The minimum absolute atomic E-state index is 0.0388. The summed E-state index contributed by atoms with van der Waals surface area (Å²) in [6.45, 7) is 4.92. The number of nitrogens with zero attached hydrogens (tertiary/aromatic N) is 1. The van der Waals surface area contributed by atoms with E-state index in [0.717, 1.165) is 0 Å². The molecule has 0 atom stereocenters. The number of methoxy groups -OCH3 is 1. The zero-order chi connectivity index (χ0) is 10.3. The summed E-state index contributed by atoms with van der Waals surface area (Å²) < 4.78 is 17.7. The van der Waals surface area contributed by atoms with Crippen LogP contribution >= 0.6 is 0 Å². The van der Waals surface area contributed by atoms with Gasteiger partial charge in [-0.3, -0.25) is 0 Å². The standard InChI is InChI=1S/C10H12FNO/c1-4-5-10(13-3)9(6-7-12)8(2)11/h4-5H,2,6H2,1,3H3/b5-4-,10-9+. The molecule has 0 aliphatic heterocycles. The molecule has 0 spiro atoms. The molecule has 3 heteroatoms. The molecule has 0 fully saturated rings. The molecule has 0 amide bonds. The van der Waals surface area contributed by atoms with Gasteiger partial charge in [0.25, 0.3) is 0 Å². The normalized spacial score (nSPS) is 12.2. The van der Waals surface area contributed by atoms with Gasteiger partial charge in [-0.05, 0) is 13.0 Å². The molecule has 0 aliphatic carbocycles. The molecule has 0 heterocycles. The van der Waals surface area contributed by atoms with Crippen LogP contribution in [0.4, 0.5) is 4.39 Å². The van der Waals surface area contributed by atoms with Gasteiger partial charge >= 0.3 is 0 Å². The average Bonchev–Trinajstić information content (AvgIpc) is 2.10. The van der Waals surface area contributed by atoms with E-state index in [-0.39, 0.29) is 12.0 Å². The van der Waals surface area contributed by atoms with Crippen molar-refractivity contribution in [3.8, 4) is 6.07 Å². The molecule has 0 aromatic rings. The molecule has 2 nitrogen and oxygen atoms in total. The van der Waals surface area contributed by atoms with Crippen LogP contribution in [0.25, 0.3) is 0 Å². The van der Waals surface area contributed by atoms with E-state index in [1.54, 1.807) is 19.1 Å². The molecule has 0 radical (unpaired) electrons. The molecule has 70 valence electrons. The molecule has 13 heavy (non-hydrogen) atoms. The third kappa shape index (κ3) is 3.57. The first-order valence-electron chi connectivity index (χ1n) is 3.78. The summed E-state index contributed by atoms with van der Waals surface area (Å²) in [6, 6.07) is 1.85. The van der Waals surface area contributed by atoms with Crippen LogP contribution in [-0.2, 0) is 4.74 Å². The second-order valence-corrected chi connectivity index (χ2v) is 2.29. The first-order chi connectivity index (χ1) is 6.17. The predicted octanol–water partition coefficient (Wildman–Crippen LogP) is 2.86. The predicted molar refractivity (Wildman–Crippen MR) is 49.3 cm³/mol. The van der Waals surface area contributed by atoms with Crippen molar-refractivity contribution >= 4 is 0 Å². The van der Waals surface area contributed by atoms with E-state index < -0.39 is 5.83 Å². The second kappa shape index (κ2) is 6.01. The summed E-state index contributed by atoms with van der Waals surface area (Å²) >= 11 is 0. The van der Waals surface area contributed by atoms with Crippen molar-refractivity contribution < 1.29 is 9.13 Å². The van der Waals surface area contributed by atoms with Crippen LogP contribution in [0.1, 0.15) is 13.3 Å². The fourth-order valence-electron chi connectivity index (χ4n) is 0.839. The van der Waals surface area contributed by atoms with E-state index in [0.29, 0.717) is 5.76 Å². The Bertz CT molecular complexity index is 284. The molecule has 0 rings (SSSR count). The largest absolute Gasteiger partial charge is 0.496 e. The molecule has 0 aromatic carbocycles. The lowest BCUT2D eigenvalue weighted by atomic mass is 10.1. The fraction of sp³-hybridized carbons (Fsp3) is 0.300. The molecule has 0 saturated heterocycles. The SMILES string of the molecule is C=C(F)/C(CC#N)=C(\C=C/C)OC. The molecular formula is C10H12FNO. The van der Waals surface area contributed by atoms with Crippen molar-refractivity contribution in [3.05, 3.63) is 35.9 Å². The van der Waals surface area contributed by atoms with Gasteiger partial charge < -0.3 is 4.74 Å². The third-order valence-corrected chi connectivity index (χ3v) is 1.42. The van der Waals surface area contributed by atoms with E-state index in [4.69, 9.17) is 10.00 Å². The Balaban J connectivity index is 5.02. The molecule has 0 N–H and O–H groups in total. The lowest BCUT2D eigenvalue weighted by Gasteiger charge is -2.05. The van der Waals surface area contributed by atoms with E-state index >= 15 is 0 Å². The third-order valence-electron chi connectivity index (χ3n) is 1.42. The number of allylic oxidation sites excluding steroid dienone is 4. The van der Waals surface area contributed by atoms with Gasteiger partial charge in [-0.15, -0.1) is 0 Å². The quantitative estimate of drug-likeness (QED) is 0.493. The van der Waals surface area contributed by atoms with Crippen molar-refractivity contribution in [1.29, 1.82) is 5.26 Å². The maximum absolute atomic E-state index is 12.8. The van der Waals surface area contributed by atoms with Crippen LogP contribution in [0.15, 0.2) is 35.9 Å². The topological polar surface area (TPSA) is 33.0 Å². The number of ether oxygens (including phenoxy) is 1. The molecule has 0 aliphatic rings. The highest BCUT2D eigenvalue weighted by atomic mass is 19.1. The Morgan fingerprint density at radius 3 is 2.62 bits per heavy atom. The lowest BCUT2D eigenvalue weighted by Crippen LogP contribution is -1.92. The van der Waals surface area contributed by atoms with Gasteiger partial charge in [0.2, 0.25) is 0 Å². The summed E-state index contributed by atoms with van der Waals surface area (Å²) in [5, 5.41) is 8.43. The number of rotatable bonds is 4. The van der Waals surface area contributed by atoms with Gasteiger partial charge in [-0.25, -0.2) is 4.39 Å². The van der Waals surface area contributed by atoms with Gasteiger partial charge in [0, 0.05) is 5.57 Å².